The van der Waals surface area contributed by atoms with E-state index in [0.29, 0.717) is 5.92 Å². The van der Waals surface area contributed by atoms with Crippen molar-refractivity contribution in [3.63, 3.8) is 0 Å². The number of hydrogen-bond acceptors (Lipinski definition) is 2. The Bertz CT molecular complexity index is 619. The Morgan fingerprint density at radius 3 is 2.62 bits per heavy atom. The molecule has 0 saturated heterocycles. The number of anilines is 1. The third-order valence-corrected chi connectivity index (χ3v) is 4.89. The zero-order chi connectivity index (χ0) is 15.0. The summed E-state index contributed by atoms with van der Waals surface area (Å²) in [6, 6.07) is 6.13. The van der Waals surface area contributed by atoms with Gasteiger partial charge in [-0.3, -0.25) is 0 Å². The zero-order valence-electron chi connectivity index (χ0n) is 13.5. The Morgan fingerprint density at radius 2 is 1.95 bits per heavy atom. The highest BCUT2D eigenvalue weighted by atomic mass is 15.1. The normalized spacial score (nSPS) is 23.0. The van der Waals surface area contributed by atoms with Gasteiger partial charge in [-0.25, -0.2) is 4.98 Å². The number of fused-ring (bicyclic) bond motifs is 1. The molecule has 3 nitrogen and oxygen atoms in total. The zero-order valence-corrected chi connectivity index (χ0v) is 13.5. The van der Waals surface area contributed by atoms with E-state index in [1.54, 1.807) is 0 Å². The van der Waals surface area contributed by atoms with Gasteiger partial charge in [0.05, 0.1) is 11.0 Å². The predicted octanol–water partition coefficient (Wildman–Crippen LogP) is 4.57. The lowest BCUT2D eigenvalue weighted by molar-refractivity contribution is 0.264. The summed E-state index contributed by atoms with van der Waals surface area (Å²) in [6.07, 6.45) is 5.46. The van der Waals surface area contributed by atoms with Gasteiger partial charge in [0.15, 0.2) is 0 Å². The third-order valence-electron chi connectivity index (χ3n) is 4.89. The summed E-state index contributed by atoms with van der Waals surface area (Å²) in [6.45, 7) is 7.94. The molecule has 1 aromatic heterocycles. The van der Waals surface area contributed by atoms with E-state index < -0.39 is 0 Å². The highest BCUT2D eigenvalue weighted by Crippen LogP contribution is 2.32. The van der Waals surface area contributed by atoms with E-state index in [1.807, 2.05) is 12.1 Å². The van der Waals surface area contributed by atoms with Gasteiger partial charge in [0.2, 0.25) is 0 Å². The molecule has 2 aromatic rings. The Morgan fingerprint density at radius 1 is 1.24 bits per heavy atom. The predicted molar refractivity (Wildman–Crippen MR) is 89.4 cm³/mol. The number of nitrogens with two attached hydrogens (primary N) is 1. The molecule has 1 aromatic carbocycles. The van der Waals surface area contributed by atoms with Crippen molar-refractivity contribution in [1.82, 2.24) is 9.55 Å². The van der Waals surface area contributed by atoms with Crippen LogP contribution >= 0.6 is 0 Å². The Labute approximate surface area is 127 Å². The molecular weight excluding hydrogens is 258 g/mol. The van der Waals surface area contributed by atoms with Crippen molar-refractivity contribution in [2.75, 3.05) is 5.73 Å². The number of nitrogens with zero attached hydrogens (tertiary/aromatic N) is 2. The average Bonchev–Trinajstić information content (AvgIpc) is 2.79. The lowest BCUT2D eigenvalue weighted by atomic mass is 9.83. The summed E-state index contributed by atoms with van der Waals surface area (Å²) in [5.41, 5.74) is 9.00. The van der Waals surface area contributed by atoms with Crippen molar-refractivity contribution in [3.05, 3.63) is 24.0 Å². The second kappa shape index (κ2) is 5.70. The molecule has 0 atom stereocenters. The maximum atomic E-state index is 5.91. The number of hydrogen-bond donors (Lipinski definition) is 1. The van der Waals surface area contributed by atoms with Crippen LogP contribution in [0.2, 0.25) is 0 Å². The maximum absolute atomic E-state index is 5.91. The molecule has 1 heterocycles. The fourth-order valence-corrected chi connectivity index (χ4v) is 3.57. The van der Waals surface area contributed by atoms with E-state index in [2.05, 4.69) is 31.4 Å². The molecule has 114 valence electrons. The molecule has 1 aliphatic rings. The van der Waals surface area contributed by atoms with Crippen LogP contribution in [-0.4, -0.2) is 9.55 Å². The standard InChI is InChI=1S/C18H27N3/c1-12(2)18-20-16-10-15(19)8-9-17(16)21(18)11-14-6-4-13(3)5-7-14/h8-10,12-14H,4-7,11,19H2,1-3H3. The van der Waals surface area contributed by atoms with Crippen LogP contribution in [0, 0.1) is 11.8 Å². The number of rotatable bonds is 3. The van der Waals surface area contributed by atoms with Crippen molar-refractivity contribution in [3.8, 4) is 0 Å². The van der Waals surface area contributed by atoms with Crippen molar-refractivity contribution in [2.24, 2.45) is 11.8 Å². The molecule has 21 heavy (non-hydrogen) atoms. The molecule has 1 aliphatic carbocycles. The number of aromatic nitrogens is 2. The molecule has 1 saturated carbocycles. The minimum atomic E-state index is 0.445. The van der Waals surface area contributed by atoms with Gasteiger partial charge in [0.1, 0.15) is 5.82 Å². The van der Waals surface area contributed by atoms with Crippen LogP contribution in [0.15, 0.2) is 18.2 Å². The van der Waals surface area contributed by atoms with E-state index in [9.17, 15) is 0 Å². The SMILES string of the molecule is CC1CCC(Cn2c(C(C)C)nc3cc(N)ccc32)CC1. The fraction of sp³-hybridized carbons (Fsp3) is 0.611. The quantitative estimate of drug-likeness (QED) is 0.840. The van der Waals surface area contributed by atoms with E-state index in [-0.39, 0.29) is 0 Å². The lowest BCUT2D eigenvalue weighted by Gasteiger charge is -2.27. The molecule has 0 radical (unpaired) electrons. The topological polar surface area (TPSA) is 43.8 Å². The van der Waals surface area contributed by atoms with Crippen molar-refractivity contribution >= 4 is 16.7 Å². The van der Waals surface area contributed by atoms with Crippen LogP contribution in [0.3, 0.4) is 0 Å². The van der Waals surface area contributed by atoms with Gasteiger partial charge in [0.25, 0.3) is 0 Å². The van der Waals surface area contributed by atoms with Crippen LogP contribution in [0.5, 0.6) is 0 Å². The van der Waals surface area contributed by atoms with Gasteiger partial charge in [-0.05, 0) is 42.9 Å². The first-order valence-electron chi connectivity index (χ1n) is 8.30. The van der Waals surface area contributed by atoms with Crippen molar-refractivity contribution < 1.29 is 0 Å². The van der Waals surface area contributed by atoms with Crippen molar-refractivity contribution in [2.45, 2.75) is 58.9 Å². The molecule has 1 fully saturated rings. The molecular formula is C18H27N3. The van der Waals surface area contributed by atoms with E-state index in [0.717, 1.165) is 29.6 Å². The highest BCUT2D eigenvalue weighted by Gasteiger charge is 2.21. The summed E-state index contributed by atoms with van der Waals surface area (Å²) in [7, 11) is 0. The van der Waals surface area contributed by atoms with E-state index in [1.165, 1.54) is 37.0 Å². The maximum Gasteiger partial charge on any atom is 0.112 e. The molecule has 2 N–H and O–H groups in total. The Balaban J connectivity index is 1.93. The molecule has 3 heteroatoms. The molecule has 0 amide bonds. The minimum Gasteiger partial charge on any atom is -0.399 e. The number of imidazole rings is 1. The van der Waals surface area contributed by atoms with Crippen molar-refractivity contribution in [1.29, 1.82) is 0 Å². The third kappa shape index (κ3) is 2.92. The first-order chi connectivity index (χ1) is 10.0. The van der Waals surface area contributed by atoms with E-state index in [4.69, 9.17) is 10.7 Å². The lowest BCUT2D eigenvalue weighted by Crippen LogP contribution is -2.19. The summed E-state index contributed by atoms with van der Waals surface area (Å²) < 4.78 is 2.44. The molecule has 0 bridgehead atoms. The summed E-state index contributed by atoms with van der Waals surface area (Å²) in [4.78, 5) is 4.84. The first kappa shape index (κ1) is 14.4. The molecule has 0 aliphatic heterocycles. The largest absolute Gasteiger partial charge is 0.399 e. The van der Waals surface area contributed by atoms with E-state index >= 15 is 0 Å². The Hall–Kier alpha value is -1.51. The Kier molecular flexibility index (Phi) is 3.92. The van der Waals surface area contributed by atoms with Crippen LogP contribution in [-0.2, 0) is 6.54 Å². The minimum absolute atomic E-state index is 0.445. The van der Waals surface area contributed by atoms with Gasteiger partial charge in [0, 0.05) is 18.2 Å². The molecule has 0 unspecified atom stereocenters. The van der Waals surface area contributed by atoms with Crippen LogP contribution in [0.1, 0.15) is 58.2 Å². The van der Waals surface area contributed by atoms with Crippen LogP contribution < -0.4 is 5.73 Å². The van der Waals surface area contributed by atoms with Gasteiger partial charge in [-0.2, -0.15) is 0 Å². The van der Waals surface area contributed by atoms with Gasteiger partial charge in [-0.1, -0.05) is 33.6 Å². The van der Waals surface area contributed by atoms with Crippen LogP contribution in [0.4, 0.5) is 5.69 Å². The highest BCUT2D eigenvalue weighted by molar-refractivity contribution is 5.79. The smallest absolute Gasteiger partial charge is 0.112 e. The average molecular weight is 285 g/mol. The molecule has 0 spiro atoms. The molecule has 3 rings (SSSR count). The van der Waals surface area contributed by atoms with Gasteiger partial charge >= 0.3 is 0 Å². The second-order valence-electron chi connectivity index (χ2n) is 7.11. The monoisotopic (exact) mass is 285 g/mol. The number of nitrogen functional groups attached to an aromatic ring is 1. The van der Waals surface area contributed by atoms with Gasteiger partial charge < -0.3 is 10.3 Å². The number of benzene rings is 1. The summed E-state index contributed by atoms with van der Waals surface area (Å²) in [5.74, 6) is 3.36. The van der Waals surface area contributed by atoms with Gasteiger partial charge in [-0.15, -0.1) is 0 Å². The summed E-state index contributed by atoms with van der Waals surface area (Å²) in [5, 5.41) is 0. The second-order valence-corrected chi connectivity index (χ2v) is 7.11. The summed E-state index contributed by atoms with van der Waals surface area (Å²) >= 11 is 0. The fourth-order valence-electron chi connectivity index (χ4n) is 3.57. The first-order valence-corrected chi connectivity index (χ1v) is 8.30. The van der Waals surface area contributed by atoms with Crippen LogP contribution in [0.25, 0.3) is 11.0 Å².